The molecule has 1 amide bonds. The van der Waals surface area contributed by atoms with Crippen LogP contribution in [0.4, 0.5) is 11.6 Å². The second-order valence-electron chi connectivity index (χ2n) is 4.65. The monoisotopic (exact) mass is 307 g/mol. The van der Waals surface area contributed by atoms with E-state index in [0.29, 0.717) is 13.0 Å². The summed E-state index contributed by atoms with van der Waals surface area (Å²) in [4.78, 5) is 17.0. The van der Waals surface area contributed by atoms with Gasteiger partial charge in [-0.2, -0.15) is 10.1 Å². The molecule has 1 aliphatic rings. The molecular weight excluding hydrogens is 294 g/mol. The lowest BCUT2D eigenvalue weighted by Crippen LogP contribution is -2.25. The maximum absolute atomic E-state index is 12.2. The van der Waals surface area contributed by atoms with E-state index in [2.05, 4.69) is 19.9 Å². The van der Waals surface area contributed by atoms with Crippen molar-refractivity contribution in [2.24, 2.45) is 0 Å². The van der Waals surface area contributed by atoms with Gasteiger partial charge in [-0.1, -0.05) is 0 Å². The zero-order valence-corrected chi connectivity index (χ0v) is 12.0. The normalized spacial score (nSPS) is 14.0. The number of amides is 1. The number of carbonyl (C=O) groups is 1. The lowest BCUT2D eigenvalue weighted by molar-refractivity contribution is -0.116. The van der Waals surface area contributed by atoms with E-state index in [1.54, 1.807) is 17.0 Å². The van der Waals surface area contributed by atoms with E-state index >= 15 is 0 Å². The molecule has 2 heterocycles. The largest absolute Gasteiger partial charge is 0.312 e. The highest BCUT2D eigenvalue weighted by Crippen LogP contribution is 2.30. The summed E-state index contributed by atoms with van der Waals surface area (Å²) in [5.41, 5.74) is 1.60. The summed E-state index contributed by atoms with van der Waals surface area (Å²) in [5, 5.41) is 6.01. The van der Waals surface area contributed by atoms with Crippen molar-refractivity contribution in [2.75, 3.05) is 16.2 Å². The summed E-state index contributed by atoms with van der Waals surface area (Å²) in [5.74, 6) is 0.00463. The van der Waals surface area contributed by atoms with E-state index in [-0.39, 0.29) is 16.8 Å². The molecule has 0 fully saturated rings. The fourth-order valence-electron chi connectivity index (χ4n) is 2.31. The number of sulfonamides is 1. The van der Waals surface area contributed by atoms with Gasteiger partial charge >= 0.3 is 0 Å². The van der Waals surface area contributed by atoms with Gasteiger partial charge in [-0.3, -0.25) is 4.79 Å². The molecule has 1 aromatic carbocycles. The first-order valence-electron chi connectivity index (χ1n) is 6.26. The van der Waals surface area contributed by atoms with Crippen LogP contribution in [0.2, 0.25) is 0 Å². The van der Waals surface area contributed by atoms with E-state index < -0.39 is 10.0 Å². The van der Waals surface area contributed by atoms with Crippen LogP contribution in [-0.2, 0) is 21.2 Å². The third-order valence-corrected chi connectivity index (χ3v) is 4.62. The molecule has 2 aromatic rings. The number of nitrogens with zero attached hydrogens (tertiary/aromatic N) is 3. The number of hydrogen-bond donors (Lipinski definition) is 2. The fourth-order valence-corrected chi connectivity index (χ4v) is 3.33. The van der Waals surface area contributed by atoms with Crippen molar-refractivity contribution < 1.29 is 13.2 Å². The maximum Gasteiger partial charge on any atom is 0.264 e. The van der Waals surface area contributed by atoms with Crippen LogP contribution in [-0.4, -0.2) is 36.1 Å². The number of anilines is 2. The molecule has 0 aliphatic carbocycles. The van der Waals surface area contributed by atoms with Crippen LogP contribution in [0.3, 0.4) is 0 Å². The molecule has 21 heavy (non-hydrogen) atoms. The van der Waals surface area contributed by atoms with Crippen LogP contribution in [0.5, 0.6) is 0 Å². The molecule has 0 unspecified atom stereocenters. The number of hydrogen-bond acceptors (Lipinski definition) is 5. The van der Waals surface area contributed by atoms with Crippen LogP contribution in [0.15, 0.2) is 29.4 Å². The average Bonchev–Trinajstić information content (AvgIpc) is 3.05. The summed E-state index contributed by atoms with van der Waals surface area (Å²) in [6.45, 7) is 2.06. The van der Waals surface area contributed by atoms with Crippen molar-refractivity contribution in [1.29, 1.82) is 0 Å². The topological polar surface area (TPSA) is 108 Å². The number of aromatic amines is 1. The Morgan fingerprint density at radius 1 is 1.43 bits per heavy atom. The molecule has 0 saturated carbocycles. The van der Waals surface area contributed by atoms with Gasteiger partial charge in [-0.15, -0.1) is 0 Å². The first-order chi connectivity index (χ1) is 9.97. The number of H-pyrrole nitrogens is 1. The average molecular weight is 307 g/mol. The van der Waals surface area contributed by atoms with Gasteiger partial charge in [-0.25, -0.2) is 18.2 Å². The van der Waals surface area contributed by atoms with E-state index in [9.17, 15) is 13.2 Å². The molecule has 0 radical (unpaired) electrons. The van der Waals surface area contributed by atoms with Crippen molar-refractivity contribution in [1.82, 2.24) is 15.2 Å². The predicted octanol–water partition coefficient (Wildman–Crippen LogP) is 0.514. The number of carbonyl (C=O) groups excluding carboxylic acids is 1. The zero-order chi connectivity index (χ0) is 15.0. The SMILES string of the molecule is CC(=O)N1CCc2cc(S(=O)(=O)Nc3ncn[nH]3)ccc21. The highest BCUT2D eigenvalue weighted by atomic mass is 32.2. The first-order valence-corrected chi connectivity index (χ1v) is 7.75. The Bertz CT molecular complexity index is 785. The molecule has 1 aromatic heterocycles. The minimum atomic E-state index is -3.73. The van der Waals surface area contributed by atoms with Crippen molar-refractivity contribution in [2.45, 2.75) is 18.2 Å². The Labute approximate surface area is 121 Å². The highest BCUT2D eigenvalue weighted by Gasteiger charge is 2.25. The molecule has 0 spiro atoms. The van der Waals surface area contributed by atoms with Gasteiger partial charge in [0.25, 0.3) is 10.0 Å². The molecule has 9 heteroatoms. The summed E-state index contributed by atoms with van der Waals surface area (Å²) >= 11 is 0. The molecular formula is C12H13N5O3S. The Morgan fingerprint density at radius 3 is 2.90 bits per heavy atom. The third kappa shape index (κ3) is 2.47. The minimum absolute atomic E-state index is 0.0517. The first kappa shape index (κ1) is 13.6. The molecule has 3 rings (SSSR count). The summed E-state index contributed by atoms with van der Waals surface area (Å²) < 4.78 is 26.8. The molecule has 0 bridgehead atoms. The Kier molecular flexibility index (Phi) is 3.13. The maximum atomic E-state index is 12.2. The number of benzene rings is 1. The number of rotatable bonds is 3. The lowest BCUT2D eigenvalue weighted by atomic mass is 10.2. The zero-order valence-electron chi connectivity index (χ0n) is 11.2. The second kappa shape index (κ2) is 4.85. The van der Waals surface area contributed by atoms with Crippen LogP contribution in [0.25, 0.3) is 0 Å². The van der Waals surface area contributed by atoms with E-state index in [4.69, 9.17) is 0 Å². The van der Waals surface area contributed by atoms with Gasteiger partial charge in [0.05, 0.1) is 4.90 Å². The standard InChI is InChI=1S/C12H13N5O3S/c1-8(18)17-5-4-9-6-10(2-3-11(9)17)21(19,20)16-12-13-7-14-15-12/h2-3,6-7H,4-5H2,1H3,(H2,13,14,15,16). The molecule has 8 nitrogen and oxygen atoms in total. The van der Waals surface area contributed by atoms with Crippen molar-refractivity contribution in [3.63, 3.8) is 0 Å². The molecule has 0 saturated heterocycles. The van der Waals surface area contributed by atoms with E-state index in [0.717, 1.165) is 11.3 Å². The van der Waals surface area contributed by atoms with Crippen LogP contribution in [0, 0.1) is 0 Å². The van der Waals surface area contributed by atoms with Gasteiger partial charge in [0, 0.05) is 19.2 Å². The fraction of sp³-hybridized carbons (Fsp3) is 0.250. The van der Waals surface area contributed by atoms with Crippen molar-refractivity contribution in [3.05, 3.63) is 30.1 Å². The number of aromatic nitrogens is 3. The predicted molar refractivity (Wildman–Crippen MR) is 75.4 cm³/mol. The highest BCUT2D eigenvalue weighted by molar-refractivity contribution is 7.92. The van der Waals surface area contributed by atoms with E-state index in [1.807, 2.05) is 0 Å². The van der Waals surface area contributed by atoms with Crippen molar-refractivity contribution in [3.8, 4) is 0 Å². The Hall–Kier alpha value is -2.42. The van der Waals surface area contributed by atoms with E-state index in [1.165, 1.54) is 19.3 Å². The van der Waals surface area contributed by atoms with Gasteiger partial charge < -0.3 is 4.90 Å². The van der Waals surface area contributed by atoms with Gasteiger partial charge in [-0.05, 0) is 30.2 Å². The number of nitrogens with one attached hydrogen (secondary N) is 2. The van der Waals surface area contributed by atoms with Gasteiger partial charge in [0.2, 0.25) is 11.9 Å². The lowest BCUT2D eigenvalue weighted by Gasteiger charge is -2.14. The summed E-state index contributed by atoms with van der Waals surface area (Å²) in [6.07, 6.45) is 1.85. The van der Waals surface area contributed by atoms with Gasteiger partial charge in [0.1, 0.15) is 6.33 Å². The third-order valence-electron chi connectivity index (χ3n) is 3.28. The van der Waals surface area contributed by atoms with Crippen LogP contribution < -0.4 is 9.62 Å². The van der Waals surface area contributed by atoms with Crippen molar-refractivity contribution >= 4 is 27.6 Å². The summed E-state index contributed by atoms with van der Waals surface area (Å²) in [6, 6.07) is 4.70. The smallest absolute Gasteiger partial charge is 0.264 e. The Morgan fingerprint density at radius 2 is 2.24 bits per heavy atom. The Balaban J connectivity index is 1.93. The second-order valence-corrected chi connectivity index (χ2v) is 6.33. The summed E-state index contributed by atoms with van der Waals surface area (Å²) in [7, 11) is -3.73. The quantitative estimate of drug-likeness (QED) is 0.859. The molecule has 0 atom stereocenters. The van der Waals surface area contributed by atoms with Crippen LogP contribution >= 0.6 is 0 Å². The molecule has 110 valence electrons. The van der Waals surface area contributed by atoms with Gasteiger partial charge in [0.15, 0.2) is 0 Å². The molecule has 2 N–H and O–H groups in total. The molecule has 1 aliphatic heterocycles. The number of fused-ring (bicyclic) bond motifs is 1. The van der Waals surface area contributed by atoms with Crippen LogP contribution in [0.1, 0.15) is 12.5 Å². The minimum Gasteiger partial charge on any atom is -0.312 e.